The van der Waals surface area contributed by atoms with Crippen molar-refractivity contribution in [3.8, 4) is 0 Å². The molecule has 0 aromatic carbocycles. The smallest absolute Gasteiger partial charge is 0.103 e. The van der Waals surface area contributed by atoms with Gasteiger partial charge in [-0.3, -0.25) is 0 Å². The number of nitrogens with zero attached hydrogens (tertiary/aromatic N) is 1. The molecule has 1 aromatic rings. The van der Waals surface area contributed by atoms with Crippen LogP contribution >= 0.6 is 23.1 Å². The second-order valence-electron chi connectivity index (χ2n) is 4.95. The van der Waals surface area contributed by atoms with Crippen molar-refractivity contribution < 1.29 is 0 Å². The highest BCUT2D eigenvalue weighted by Crippen LogP contribution is 2.35. The van der Waals surface area contributed by atoms with Crippen molar-refractivity contribution >= 4 is 23.1 Å². The summed E-state index contributed by atoms with van der Waals surface area (Å²) in [5.41, 5.74) is 1.37. The molecular formula is C14H24N2S2. The highest BCUT2D eigenvalue weighted by atomic mass is 32.2. The van der Waals surface area contributed by atoms with Crippen molar-refractivity contribution in [2.24, 2.45) is 0 Å². The van der Waals surface area contributed by atoms with Crippen molar-refractivity contribution in [1.82, 2.24) is 10.3 Å². The van der Waals surface area contributed by atoms with Gasteiger partial charge >= 0.3 is 0 Å². The molecule has 0 saturated carbocycles. The van der Waals surface area contributed by atoms with E-state index in [0.717, 1.165) is 17.5 Å². The Morgan fingerprint density at radius 3 is 3.06 bits per heavy atom. The number of hydrogen-bond acceptors (Lipinski definition) is 4. The van der Waals surface area contributed by atoms with Gasteiger partial charge in [0, 0.05) is 21.9 Å². The molecule has 0 aliphatic heterocycles. The highest BCUT2D eigenvalue weighted by Gasteiger charge is 2.23. The molecule has 0 spiro atoms. The molecule has 0 radical (unpaired) electrons. The molecule has 1 aliphatic rings. The molecule has 1 N–H and O–H groups in total. The number of nitrogens with one attached hydrogen (secondary N) is 1. The lowest BCUT2D eigenvalue weighted by molar-refractivity contribution is 0.476. The standard InChI is InChI=1S/C14H24N2S2/c1-4-10(3)17-9-13-16-12-8-6-7-11(15-5-2)14(12)18-13/h10-11,15H,4-9H2,1-3H3. The fourth-order valence-corrected chi connectivity index (χ4v) is 4.49. The quantitative estimate of drug-likeness (QED) is 0.849. The van der Waals surface area contributed by atoms with E-state index >= 15 is 0 Å². The molecule has 0 saturated heterocycles. The molecular weight excluding hydrogens is 260 g/mol. The Morgan fingerprint density at radius 1 is 1.50 bits per heavy atom. The first-order valence-corrected chi connectivity index (χ1v) is 8.94. The Bertz CT molecular complexity index is 376. The number of thioether (sulfide) groups is 1. The van der Waals surface area contributed by atoms with Gasteiger partial charge in [-0.05, 0) is 32.2 Å². The number of hydrogen-bond donors (Lipinski definition) is 1. The number of fused-ring (bicyclic) bond motifs is 1. The Balaban J connectivity index is 2.02. The van der Waals surface area contributed by atoms with Crippen LogP contribution in [0.25, 0.3) is 0 Å². The lowest BCUT2D eigenvalue weighted by Gasteiger charge is -2.21. The molecule has 2 nitrogen and oxygen atoms in total. The summed E-state index contributed by atoms with van der Waals surface area (Å²) in [4.78, 5) is 6.36. The molecule has 0 amide bonds. The van der Waals surface area contributed by atoms with Gasteiger partial charge < -0.3 is 5.32 Å². The minimum Gasteiger partial charge on any atom is -0.309 e. The van der Waals surface area contributed by atoms with Gasteiger partial charge in [-0.1, -0.05) is 20.8 Å². The second-order valence-corrected chi connectivity index (χ2v) is 7.49. The van der Waals surface area contributed by atoms with E-state index in [4.69, 9.17) is 4.98 Å². The van der Waals surface area contributed by atoms with E-state index in [2.05, 4.69) is 26.1 Å². The summed E-state index contributed by atoms with van der Waals surface area (Å²) >= 11 is 3.98. The summed E-state index contributed by atoms with van der Waals surface area (Å²) in [6.07, 6.45) is 4.99. The third-order valence-electron chi connectivity index (χ3n) is 3.51. The van der Waals surface area contributed by atoms with Gasteiger partial charge in [-0.25, -0.2) is 4.98 Å². The Labute approximate surface area is 119 Å². The van der Waals surface area contributed by atoms with E-state index in [1.54, 1.807) is 0 Å². The Morgan fingerprint density at radius 2 is 2.33 bits per heavy atom. The van der Waals surface area contributed by atoms with Crippen LogP contribution in [0.4, 0.5) is 0 Å². The summed E-state index contributed by atoms with van der Waals surface area (Å²) in [6, 6.07) is 0.568. The van der Waals surface area contributed by atoms with Gasteiger partial charge in [-0.15, -0.1) is 11.3 Å². The van der Waals surface area contributed by atoms with Crippen molar-refractivity contribution in [1.29, 1.82) is 0 Å². The van der Waals surface area contributed by atoms with Gasteiger partial charge in [0.2, 0.25) is 0 Å². The number of rotatable bonds is 6. The molecule has 0 fully saturated rings. The van der Waals surface area contributed by atoms with E-state index in [9.17, 15) is 0 Å². The summed E-state index contributed by atoms with van der Waals surface area (Å²) in [5, 5.41) is 5.67. The van der Waals surface area contributed by atoms with Crippen molar-refractivity contribution in [3.63, 3.8) is 0 Å². The molecule has 1 aromatic heterocycles. The maximum Gasteiger partial charge on any atom is 0.103 e. The fourth-order valence-electron chi connectivity index (χ4n) is 2.30. The van der Waals surface area contributed by atoms with E-state index in [0.29, 0.717) is 6.04 Å². The fraction of sp³-hybridized carbons (Fsp3) is 0.786. The van der Waals surface area contributed by atoms with Crippen LogP contribution in [0, 0.1) is 0 Å². The number of thiazole rings is 1. The van der Waals surface area contributed by atoms with Gasteiger partial charge in [0.05, 0.1) is 5.69 Å². The Kier molecular flexibility index (Phi) is 5.52. The normalized spacial score (nSPS) is 20.7. The monoisotopic (exact) mass is 284 g/mol. The van der Waals surface area contributed by atoms with Gasteiger partial charge in [0.15, 0.2) is 0 Å². The van der Waals surface area contributed by atoms with E-state index < -0.39 is 0 Å². The summed E-state index contributed by atoms with van der Waals surface area (Å²) in [6.45, 7) is 7.80. The predicted octanol–water partition coefficient (Wildman–Crippen LogP) is 4.16. The first kappa shape index (κ1) is 14.4. The SMILES string of the molecule is CCNC1CCCc2nc(CSC(C)CC)sc21. The van der Waals surface area contributed by atoms with Gasteiger partial charge in [0.25, 0.3) is 0 Å². The van der Waals surface area contributed by atoms with Crippen LogP contribution < -0.4 is 5.32 Å². The predicted molar refractivity (Wildman–Crippen MR) is 82.5 cm³/mol. The van der Waals surface area contributed by atoms with Crippen LogP contribution in [0.3, 0.4) is 0 Å². The molecule has 18 heavy (non-hydrogen) atoms. The topological polar surface area (TPSA) is 24.9 Å². The van der Waals surface area contributed by atoms with E-state index in [-0.39, 0.29) is 0 Å². The number of aromatic nitrogens is 1. The average Bonchev–Trinajstić information content (AvgIpc) is 2.80. The molecule has 0 bridgehead atoms. The second kappa shape index (κ2) is 6.92. The minimum atomic E-state index is 0.568. The average molecular weight is 284 g/mol. The Hall–Kier alpha value is -0.0600. The summed E-state index contributed by atoms with van der Waals surface area (Å²) in [7, 11) is 0. The first-order valence-electron chi connectivity index (χ1n) is 7.08. The van der Waals surface area contributed by atoms with Crippen LogP contribution in [0.2, 0.25) is 0 Å². The molecule has 2 unspecified atom stereocenters. The lowest BCUT2D eigenvalue weighted by Crippen LogP contribution is -2.23. The minimum absolute atomic E-state index is 0.568. The first-order chi connectivity index (χ1) is 8.74. The van der Waals surface area contributed by atoms with Crippen LogP contribution in [0.5, 0.6) is 0 Å². The zero-order valence-corrected chi connectivity index (χ0v) is 13.3. The van der Waals surface area contributed by atoms with Crippen LogP contribution in [0.1, 0.15) is 61.7 Å². The lowest BCUT2D eigenvalue weighted by atomic mass is 9.98. The maximum atomic E-state index is 4.85. The zero-order chi connectivity index (χ0) is 13.0. The third-order valence-corrected chi connectivity index (χ3v) is 6.25. The zero-order valence-electron chi connectivity index (χ0n) is 11.7. The summed E-state index contributed by atoms with van der Waals surface area (Å²) in [5.74, 6) is 1.09. The van der Waals surface area contributed by atoms with E-state index in [1.807, 2.05) is 23.1 Å². The molecule has 2 rings (SSSR count). The van der Waals surface area contributed by atoms with E-state index in [1.165, 1.54) is 41.3 Å². The highest BCUT2D eigenvalue weighted by molar-refractivity contribution is 7.99. The number of aryl methyl sites for hydroxylation is 1. The van der Waals surface area contributed by atoms with Crippen LogP contribution in [0.15, 0.2) is 0 Å². The van der Waals surface area contributed by atoms with Crippen LogP contribution in [-0.2, 0) is 12.2 Å². The summed E-state index contributed by atoms with van der Waals surface area (Å²) < 4.78 is 0. The maximum absolute atomic E-state index is 4.85. The molecule has 1 heterocycles. The van der Waals surface area contributed by atoms with Crippen molar-refractivity contribution in [2.45, 2.75) is 63.5 Å². The van der Waals surface area contributed by atoms with Crippen molar-refractivity contribution in [2.75, 3.05) is 6.54 Å². The van der Waals surface area contributed by atoms with Crippen LogP contribution in [-0.4, -0.2) is 16.8 Å². The van der Waals surface area contributed by atoms with Gasteiger partial charge in [-0.2, -0.15) is 11.8 Å². The van der Waals surface area contributed by atoms with Crippen molar-refractivity contribution in [3.05, 3.63) is 15.6 Å². The largest absolute Gasteiger partial charge is 0.309 e. The molecule has 2 atom stereocenters. The third kappa shape index (κ3) is 3.49. The molecule has 1 aliphatic carbocycles. The molecule has 4 heteroatoms. The van der Waals surface area contributed by atoms with Gasteiger partial charge in [0.1, 0.15) is 5.01 Å². The molecule has 102 valence electrons.